The second-order valence-corrected chi connectivity index (χ2v) is 4.60. The molecule has 2 aromatic rings. The van der Waals surface area contributed by atoms with Crippen LogP contribution in [0.5, 0.6) is 0 Å². The summed E-state index contributed by atoms with van der Waals surface area (Å²) in [5, 5.41) is 9.93. The molecular weight excluding hydrogens is 235 g/mol. The molecule has 0 bridgehead atoms. The third-order valence-electron chi connectivity index (χ3n) is 3.57. The van der Waals surface area contributed by atoms with Gasteiger partial charge in [0.25, 0.3) is 0 Å². The van der Waals surface area contributed by atoms with Crippen molar-refractivity contribution in [3.05, 3.63) is 35.8 Å². The fourth-order valence-corrected chi connectivity index (χ4v) is 2.12. The lowest BCUT2D eigenvalue weighted by Crippen LogP contribution is -2.31. The van der Waals surface area contributed by atoms with E-state index in [9.17, 15) is 14.3 Å². The van der Waals surface area contributed by atoms with Gasteiger partial charge in [0.15, 0.2) is 0 Å². The second-order valence-electron chi connectivity index (χ2n) is 4.60. The molecule has 1 aromatic carbocycles. The van der Waals surface area contributed by atoms with Gasteiger partial charge in [-0.1, -0.05) is 6.92 Å². The molecule has 3 N–H and O–H groups in total. The molecule has 0 amide bonds. The monoisotopic (exact) mass is 250 g/mol. The number of aromatic nitrogens is 1. The van der Waals surface area contributed by atoms with Gasteiger partial charge in [0, 0.05) is 11.6 Å². The Morgan fingerprint density at radius 2 is 2.22 bits per heavy atom. The molecule has 18 heavy (non-hydrogen) atoms. The average Bonchev–Trinajstić information content (AvgIpc) is 2.65. The topological polar surface area (TPSA) is 68.2 Å². The van der Waals surface area contributed by atoms with Crippen LogP contribution in [0, 0.1) is 5.82 Å². The molecule has 0 spiro atoms. The Bertz CT molecular complexity index is 621. The summed E-state index contributed by atoms with van der Waals surface area (Å²) in [6.45, 7) is 3.40. The molecule has 1 unspecified atom stereocenters. The number of fused-ring (bicyclic) bond motifs is 1. The number of halogens is 1. The van der Waals surface area contributed by atoms with Gasteiger partial charge in [-0.2, -0.15) is 0 Å². The van der Waals surface area contributed by atoms with Gasteiger partial charge in [0.05, 0.1) is 10.9 Å². The third-order valence-corrected chi connectivity index (χ3v) is 3.57. The Morgan fingerprint density at radius 3 is 2.78 bits per heavy atom. The third kappa shape index (κ3) is 1.63. The molecule has 5 heteroatoms. The number of hydrogen-bond donors (Lipinski definition) is 2. The van der Waals surface area contributed by atoms with Crippen LogP contribution in [0.2, 0.25) is 0 Å². The van der Waals surface area contributed by atoms with Crippen LogP contribution in [-0.4, -0.2) is 15.8 Å². The molecule has 0 fully saturated rings. The molecule has 0 saturated carbocycles. The maximum absolute atomic E-state index is 13.3. The fraction of sp³-hybridized carbons (Fsp3) is 0.308. The molecule has 0 aliphatic carbocycles. The first-order chi connectivity index (χ1) is 8.40. The zero-order valence-corrected chi connectivity index (χ0v) is 10.3. The van der Waals surface area contributed by atoms with E-state index in [-0.39, 0.29) is 0 Å². The first-order valence-corrected chi connectivity index (χ1v) is 5.69. The predicted molar refractivity (Wildman–Crippen MR) is 67.3 cm³/mol. The van der Waals surface area contributed by atoms with Crippen LogP contribution in [0.25, 0.3) is 10.9 Å². The number of carboxylic acid groups (broad SMARTS) is 1. The zero-order chi connectivity index (χ0) is 13.5. The number of rotatable bonds is 3. The van der Waals surface area contributed by atoms with E-state index in [0.29, 0.717) is 22.9 Å². The Labute approximate surface area is 104 Å². The van der Waals surface area contributed by atoms with Crippen molar-refractivity contribution in [3.63, 3.8) is 0 Å². The first-order valence-electron chi connectivity index (χ1n) is 5.69. The van der Waals surface area contributed by atoms with Crippen molar-refractivity contribution in [3.8, 4) is 0 Å². The van der Waals surface area contributed by atoms with Crippen molar-refractivity contribution in [2.75, 3.05) is 5.84 Å². The maximum atomic E-state index is 13.3. The van der Waals surface area contributed by atoms with E-state index < -0.39 is 17.2 Å². The molecule has 1 aromatic heterocycles. The molecule has 0 radical (unpaired) electrons. The Balaban J connectivity index is 2.78. The van der Waals surface area contributed by atoms with Crippen LogP contribution in [0.4, 0.5) is 4.39 Å². The highest BCUT2D eigenvalue weighted by Gasteiger charge is 2.36. The number of nitrogens with zero attached hydrogens (tertiary/aromatic N) is 1. The summed E-state index contributed by atoms with van der Waals surface area (Å²) in [4.78, 5) is 11.4. The van der Waals surface area contributed by atoms with E-state index in [1.165, 1.54) is 16.8 Å². The summed E-state index contributed by atoms with van der Waals surface area (Å²) in [5.74, 6) is 4.43. The number of carboxylic acids is 1. The Hall–Kier alpha value is -2.04. The van der Waals surface area contributed by atoms with Crippen molar-refractivity contribution in [1.82, 2.24) is 4.68 Å². The normalized spacial score (nSPS) is 14.6. The van der Waals surface area contributed by atoms with Crippen molar-refractivity contribution in [2.24, 2.45) is 0 Å². The van der Waals surface area contributed by atoms with Crippen LogP contribution in [0.15, 0.2) is 24.4 Å². The fourth-order valence-electron chi connectivity index (χ4n) is 2.12. The van der Waals surface area contributed by atoms with E-state index in [1.807, 2.05) is 0 Å². The summed E-state index contributed by atoms with van der Waals surface area (Å²) in [6.07, 6.45) is 1.96. The average molecular weight is 250 g/mol. The number of benzene rings is 1. The quantitative estimate of drug-likeness (QED) is 0.821. The minimum absolute atomic E-state index is 0.401. The van der Waals surface area contributed by atoms with Crippen LogP contribution in [0.1, 0.15) is 25.8 Å². The highest BCUT2D eigenvalue weighted by atomic mass is 19.1. The lowest BCUT2D eigenvalue weighted by molar-refractivity contribution is -0.143. The largest absolute Gasteiger partial charge is 0.481 e. The molecule has 4 nitrogen and oxygen atoms in total. The summed E-state index contributed by atoms with van der Waals surface area (Å²) >= 11 is 0. The molecule has 2 rings (SSSR count). The van der Waals surface area contributed by atoms with E-state index in [4.69, 9.17) is 5.84 Å². The predicted octanol–water partition coefficient (Wildman–Crippen LogP) is 2.25. The number of hydrogen-bond acceptors (Lipinski definition) is 2. The Kier molecular flexibility index (Phi) is 2.77. The van der Waals surface area contributed by atoms with E-state index in [1.54, 1.807) is 26.1 Å². The van der Waals surface area contributed by atoms with E-state index in [0.717, 1.165) is 0 Å². The van der Waals surface area contributed by atoms with Crippen molar-refractivity contribution in [2.45, 2.75) is 25.7 Å². The van der Waals surface area contributed by atoms with Crippen LogP contribution < -0.4 is 5.84 Å². The van der Waals surface area contributed by atoms with Gasteiger partial charge in [-0.3, -0.25) is 9.47 Å². The number of carbonyl (C=O) groups is 1. The minimum atomic E-state index is -1.07. The van der Waals surface area contributed by atoms with Crippen molar-refractivity contribution < 1.29 is 14.3 Å². The van der Waals surface area contributed by atoms with Gasteiger partial charge < -0.3 is 10.9 Å². The standard InChI is InChI=1S/C13H15FN2O2/c1-3-13(2,12(17)18)10-7-16(15)11-5-4-8(14)6-9(10)11/h4-7H,3,15H2,1-2H3,(H,17,18). The molecule has 96 valence electrons. The lowest BCUT2D eigenvalue weighted by Gasteiger charge is -2.22. The summed E-state index contributed by atoms with van der Waals surface area (Å²) in [7, 11) is 0. The summed E-state index contributed by atoms with van der Waals surface area (Å²) < 4.78 is 14.7. The second kappa shape index (κ2) is 4.01. The molecule has 0 aliphatic heterocycles. The smallest absolute Gasteiger partial charge is 0.313 e. The highest BCUT2D eigenvalue weighted by molar-refractivity contribution is 5.92. The van der Waals surface area contributed by atoms with Crippen molar-refractivity contribution >= 4 is 16.9 Å². The number of nitrogen functional groups attached to an aromatic ring is 1. The van der Waals surface area contributed by atoms with Gasteiger partial charge in [0.2, 0.25) is 0 Å². The summed E-state index contributed by atoms with van der Waals surface area (Å²) in [5.41, 5.74) is 0.0817. The minimum Gasteiger partial charge on any atom is -0.481 e. The van der Waals surface area contributed by atoms with Crippen LogP contribution in [0.3, 0.4) is 0 Å². The van der Waals surface area contributed by atoms with E-state index in [2.05, 4.69) is 0 Å². The SMILES string of the molecule is CCC(C)(C(=O)O)c1cn(N)c2ccc(F)cc12. The zero-order valence-electron chi connectivity index (χ0n) is 10.3. The van der Waals surface area contributed by atoms with Crippen LogP contribution >= 0.6 is 0 Å². The van der Waals surface area contributed by atoms with Gasteiger partial charge in [-0.25, -0.2) is 4.39 Å². The number of aliphatic carboxylic acids is 1. The molecule has 0 aliphatic rings. The van der Waals surface area contributed by atoms with Gasteiger partial charge in [0.1, 0.15) is 5.82 Å². The van der Waals surface area contributed by atoms with Gasteiger partial charge >= 0.3 is 5.97 Å². The molecule has 1 heterocycles. The lowest BCUT2D eigenvalue weighted by atomic mass is 9.80. The van der Waals surface area contributed by atoms with Gasteiger partial charge in [-0.05, 0) is 37.1 Å². The maximum Gasteiger partial charge on any atom is 0.313 e. The summed E-state index contributed by atoms with van der Waals surface area (Å²) in [6, 6.07) is 4.18. The van der Waals surface area contributed by atoms with E-state index >= 15 is 0 Å². The molecule has 1 atom stereocenters. The Morgan fingerprint density at radius 1 is 1.56 bits per heavy atom. The van der Waals surface area contributed by atoms with Gasteiger partial charge in [-0.15, -0.1) is 0 Å². The molecule has 0 saturated heterocycles. The highest BCUT2D eigenvalue weighted by Crippen LogP contribution is 2.34. The molecular formula is C13H15FN2O2. The first kappa shape index (κ1) is 12.4. The number of nitrogens with two attached hydrogens (primary N) is 1. The van der Waals surface area contributed by atoms with Crippen molar-refractivity contribution in [1.29, 1.82) is 0 Å². The van der Waals surface area contributed by atoms with Crippen LogP contribution in [-0.2, 0) is 10.2 Å².